The molecule has 1 N–H and O–H groups in total. The van der Waals surface area contributed by atoms with E-state index in [-0.39, 0.29) is 31.0 Å². The molecule has 0 spiro atoms. The minimum absolute atomic E-state index is 0.110. The molecule has 1 aliphatic rings. The number of hydrogen-bond donors (Lipinski definition) is 1. The molecule has 0 radical (unpaired) electrons. The average Bonchev–Trinajstić information content (AvgIpc) is 3.27. The van der Waals surface area contributed by atoms with Crippen LogP contribution in [0.2, 0.25) is 10.0 Å². The van der Waals surface area contributed by atoms with Crippen molar-refractivity contribution < 1.29 is 14.3 Å². The molecular weight excluding hydrogens is 515 g/mol. The van der Waals surface area contributed by atoms with Crippen LogP contribution in [-0.2, 0) is 16.1 Å². The predicted molar refractivity (Wildman–Crippen MR) is 131 cm³/mol. The summed E-state index contributed by atoms with van der Waals surface area (Å²) >= 11 is 16.1. The maximum Gasteiger partial charge on any atom is 0.261 e. The number of hydrogen-bond acceptors (Lipinski definition) is 3. The first-order valence-corrected chi connectivity index (χ1v) is 12.2. The van der Waals surface area contributed by atoms with Gasteiger partial charge in [-0.3, -0.25) is 9.59 Å². The highest BCUT2D eigenvalue weighted by atomic mass is 79.9. The molecule has 1 aliphatic carbocycles. The van der Waals surface area contributed by atoms with Crippen LogP contribution in [0.1, 0.15) is 43.7 Å². The number of benzene rings is 2. The summed E-state index contributed by atoms with van der Waals surface area (Å²) in [5, 5.41) is 3.97. The van der Waals surface area contributed by atoms with E-state index in [0.717, 1.165) is 35.7 Å². The second kappa shape index (κ2) is 11.4. The number of carbonyl (C=O) groups excluding carboxylic acids is 2. The van der Waals surface area contributed by atoms with Crippen LogP contribution in [0.25, 0.3) is 0 Å². The third-order valence-corrected chi connectivity index (χ3v) is 7.35. The Labute approximate surface area is 207 Å². The second-order valence-corrected chi connectivity index (χ2v) is 9.76. The molecule has 1 fully saturated rings. The Morgan fingerprint density at radius 3 is 2.47 bits per heavy atom. The lowest BCUT2D eigenvalue weighted by atomic mass is 10.1. The third-order valence-electron chi connectivity index (χ3n) is 5.75. The molecule has 0 aromatic heterocycles. The Hall–Kier alpha value is -1.76. The zero-order valence-electron chi connectivity index (χ0n) is 18.2. The normalized spacial score (nSPS) is 14.8. The third kappa shape index (κ3) is 6.40. The van der Waals surface area contributed by atoms with Gasteiger partial charge < -0.3 is 15.0 Å². The smallest absolute Gasteiger partial charge is 0.261 e. The molecule has 8 heteroatoms. The van der Waals surface area contributed by atoms with Crippen molar-refractivity contribution in [1.29, 1.82) is 0 Å². The van der Waals surface area contributed by atoms with Crippen molar-refractivity contribution in [2.75, 3.05) is 6.61 Å². The average molecular weight is 542 g/mol. The zero-order chi connectivity index (χ0) is 23.3. The lowest BCUT2D eigenvalue weighted by molar-refractivity contribution is -0.142. The maximum absolute atomic E-state index is 13.2. The zero-order valence-corrected chi connectivity index (χ0v) is 21.3. The van der Waals surface area contributed by atoms with Gasteiger partial charge in [0.15, 0.2) is 6.61 Å². The van der Waals surface area contributed by atoms with E-state index in [9.17, 15) is 9.59 Å². The first-order chi connectivity index (χ1) is 15.3. The fourth-order valence-corrected chi connectivity index (χ4v) is 4.53. The van der Waals surface area contributed by atoms with Gasteiger partial charge in [0, 0.05) is 32.7 Å². The molecule has 3 rings (SSSR count). The van der Waals surface area contributed by atoms with E-state index in [1.807, 2.05) is 19.1 Å². The van der Waals surface area contributed by atoms with Gasteiger partial charge in [0.05, 0.1) is 0 Å². The van der Waals surface area contributed by atoms with Gasteiger partial charge in [0.1, 0.15) is 11.8 Å². The molecule has 172 valence electrons. The molecule has 32 heavy (non-hydrogen) atoms. The van der Waals surface area contributed by atoms with Gasteiger partial charge in [-0.15, -0.1) is 0 Å². The number of ether oxygens (including phenoxy) is 1. The molecule has 2 aromatic rings. The Kier molecular flexibility index (Phi) is 8.86. The highest BCUT2D eigenvalue weighted by Gasteiger charge is 2.29. The minimum Gasteiger partial charge on any atom is -0.484 e. The van der Waals surface area contributed by atoms with Crippen LogP contribution in [0.5, 0.6) is 5.75 Å². The summed E-state index contributed by atoms with van der Waals surface area (Å²) in [5.41, 5.74) is 1.60. The van der Waals surface area contributed by atoms with Crippen molar-refractivity contribution in [3.63, 3.8) is 0 Å². The van der Waals surface area contributed by atoms with Crippen LogP contribution in [0.3, 0.4) is 0 Å². The molecular formula is C24H27BrCl2N2O3. The van der Waals surface area contributed by atoms with Crippen molar-refractivity contribution in [2.45, 2.75) is 58.2 Å². The fourth-order valence-electron chi connectivity index (χ4n) is 3.76. The second-order valence-electron chi connectivity index (χ2n) is 8.09. The Morgan fingerprint density at radius 1 is 1.19 bits per heavy atom. The topological polar surface area (TPSA) is 58.6 Å². The molecule has 2 aromatic carbocycles. The van der Waals surface area contributed by atoms with E-state index in [1.165, 1.54) is 4.90 Å². The molecule has 0 aliphatic heterocycles. The van der Waals surface area contributed by atoms with Gasteiger partial charge in [-0.25, -0.2) is 0 Å². The summed E-state index contributed by atoms with van der Waals surface area (Å²) < 4.78 is 6.70. The number of halogens is 3. The van der Waals surface area contributed by atoms with Crippen molar-refractivity contribution in [3.8, 4) is 5.75 Å². The molecule has 0 heterocycles. The summed E-state index contributed by atoms with van der Waals surface area (Å²) in [4.78, 5) is 27.6. The van der Waals surface area contributed by atoms with E-state index in [1.54, 1.807) is 31.2 Å². The lowest BCUT2D eigenvalue weighted by Crippen LogP contribution is -2.50. The van der Waals surface area contributed by atoms with Crippen molar-refractivity contribution >= 4 is 50.9 Å². The first-order valence-electron chi connectivity index (χ1n) is 10.7. The maximum atomic E-state index is 13.2. The van der Waals surface area contributed by atoms with E-state index in [4.69, 9.17) is 27.9 Å². The van der Waals surface area contributed by atoms with Crippen molar-refractivity contribution in [1.82, 2.24) is 10.2 Å². The van der Waals surface area contributed by atoms with E-state index < -0.39 is 6.04 Å². The number of amides is 2. The summed E-state index contributed by atoms with van der Waals surface area (Å²) in [6, 6.07) is 10.1. The van der Waals surface area contributed by atoms with Gasteiger partial charge in [-0.2, -0.15) is 0 Å². The van der Waals surface area contributed by atoms with Crippen LogP contribution in [0, 0.1) is 6.92 Å². The number of nitrogens with zero attached hydrogens (tertiary/aromatic N) is 1. The van der Waals surface area contributed by atoms with Crippen LogP contribution < -0.4 is 10.1 Å². The van der Waals surface area contributed by atoms with Gasteiger partial charge in [0.2, 0.25) is 5.91 Å². The summed E-state index contributed by atoms with van der Waals surface area (Å²) in [7, 11) is 0. The van der Waals surface area contributed by atoms with Crippen LogP contribution in [0.15, 0.2) is 40.9 Å². The largest absolute Gasteiger partial charge is 0.484 e. The Morgan fingerprint density at radius 2 is 1.84 bits per heavy atom. The summed E-state index contributed by atoms with van der Waals surface area (Å²) in [6.45, 7) is 3.57. The molecule has 0 bridgehead atoms. The molecule has 1 saturated carbocycles. The SMILES string of the molecule is Cc1cc(OCC(=O)N(Cc2c(Cl)cccc2Cl)[C@H](C)C(=O)NC2CCCC2)ccc1Br. The van der Waals surface area contributed by atoms with Crippen molar-refractivity contribution in [3.05, 3.63) is 62.0 Å². The molecule has 1 atom stereocenters. The number of aryl methyl sites for hydroxylation is 1. The van der Waals surface area contributed by atoms with E-state index in [0.29, 0.717) is 21.4 Å². The highest BCUT2D eigenvalue weighted by molar-refractivity contribution is 9.10. The summed E-state index contributed by atoms with van der Waals surface area (Å²) in [6.07, 6.45) is 4.15. The minimum atomic E-state index is -0.703. The Balaban J connectivity index is 1.77. The molecule has 5 nitrogen and oxygen atoms in total. The molecule has 0 unspecified atom stereocenters. The van der Waals surface area contributed by atoms with Crippen molar-refractivity contribution in [2.24, 2.45) is 0 Å². The Bertz CT molecular complexity index is 959. The number of nitrogens with one attached hydrogen (secondary N) is 1. The first kappa shape index (κ1) is 24.9. The summed E-state index contributed by atoms with van der Waals surface area (Å²) in [5.74, 6) is 0.0707. The van der Waals surface area contributed by atoms with Gasteiger partial charge in [-0.1, -0.05) is 58.0 Å². The van der Waals surface area contributed by atoms with E-state index in [2.05, 4.69) is 21.2 Å². The molecule has 2 amide bonds. The van der Waals surface area contributed by atoms with Gasteiger partial charge >= 0.3 is 0 Å². The number of rotatable bonds is 8. The monoisotopic (exact) mass is 540 g/mol. The predicted octanol–water partition coefficient (Wildman–Crippen LogP) is 5.92. The standard InChI is InChI=1S/C24H27BrCl2N2O3/c1-15-12-18(10-11-20(15)25)32-14-23(30)29(13-19-21(26)8-5-9-22(19)27)16(2)24(31)28-17-6-3-4-7-17/h5,8-12,16-17H,3-4,6-7,13-14H2,1-2H3,(H,28,31)/t16-/m1/s1. The van der Waals surface area contributed by atoms with Gasteiger partial charge in [0.25, 0.3) is 5.91 Å². The van der Waals surface area contributed by atoms with Crippen LogP contribution >= 0.6 is 39.1 Å². The van der Waals surface area contributed by atoms with Crippen LogP contribution in [-0.4, -0.2) is 35.4 Å². The highest BCUT2D eigenvalue weighted by Crippen LogP contribution is 2.27. The quantitative estimate of drug-likeness (QED) is 0.451. The molecule has 0 saturated heterocycles. The number of carbonyl (C=O) groups is 2. The van der Waals surface area contributed by atoms with E-state index >= 15 is 0 Å². The lowest BCUT2D eigenvalue weighted by Gasteiger charge is -2.30. The van der Waals surface area contributed by atoms with Gasteiger partial charge in [-0.05, 0) is 62.6 Å². The van der Waals surface area contributed by atoms with Crippen LogP contribution in [0.4, 0.5) is 0 Å². The fraction of sp³-hybridized carbons (Fsp3) is 0.417.